The van der Waals surface area contributed by atoms with E-state index in [1.54, 1.807) is 0 Å². The van der Waals surface area contributed by atoms with Crippen LogP contribution < -0.4 is 4.74 Å². The Hall–Kier alpha value is -1.72. The van der Waals surface area contributed by atoms with Crippen LogP contribution in [-0.2, 0) is 10.7 Å². The molecule has 0 bridgehead atoms. The number of alkyl halides is 2. The van der Waals surface area contributed by atoms with E-state index in [9.17, 15) is 13.6 Å². The summed E-state index contributed by atoms with van der Waals surface area (Å²) >= 11 is 0. The molecule has 0 fully saturated rings. The fourth-order valence-electron chi connectivity index (χ4n) is 1.05. The van der Waals surface area contributed by atoms with Crippen LogP contribution >= 0.6 is 0 Å². The lowest BCUT2D eigenvalue weighted by atomic mass is 10.1. The lowest BCUT2D eigenvalue weighted by Gasteiger charge is -2.12. The quantitative estimate of drug-likeness (QED) is 0.834. The summed E-state index contributed by atoms with van der Waals surface area (Å²) in [7, 11) is 1.27. The molecule has 0 saturated heterocycles. The highest BCUT2D eigenvalue weighted by Crippen LogP contribution is 2.30. The number of methoxy groups -OCH3 is 1. The Morgan fingerprint density at radius 3 is 2.60 bits per heavy atom. The SMILES string of the molecule is COc1cc(C(F)(F)C(=O)O)cc(C)n1. The van der Waals surface area contributed by atoms with E-state index in [1.807, 2.05) is 0 Å². The fourth-order valence-corrected chi connectivity index (χ4v) is 1.05. The minimum absolute atomic E-state index is 0.0362. The zero-order valence-corrected chi connectivity index (χ0v) is 8.12. The standard InChI is InChI=1S/C9H9F2NO3/c1-5-3-6(4-7(12-5)15-2)9(10,11)8(13)14/h3-4H,1-2H3,(H,13,14). The van der Waals surface area contributed by atoms with E-state index in [2.05, 4.69) is 9.72 Å². The number of pyridine rings is 1. The summed E-state index contributed by atoms with van der Waals surface area (Å²) in [5.41, 5.74) is -0.371. The number of carbonyl (C=O) groups is 1. The number of aromatic nitrogens is 1. The topological polar surface area (TPSA) is 59.4 Å². The molecule has 82 valence electrons. The molecule has 0 aliphatic heterocycles. The van der Waals surface area contributed by atoms with E-state index in [-0.39, 0.29) is 11.6 Å². The summed E-state index contributed by atoms with van der Waals surface area (Å²) in [6.45, 7) is 1.48. The molecule has 0 spiro atoms. The van der Waals surface area contributed by atoms with Crippen molar-refractivity contribution in [2.45, 2.75) is 12.8 Å². The van der Waals surface area contributed by atoms with Crippen LogP contribution in [0.5, 0.6) is 5.88 Å². The normalized spacial score (nSPS) is 11.2. The van der Waals surface area contributed by atoms with Gasteiger partial charge in [0.15, 0.2) is 0 Å². The molecule has 1 rings (SSSR count). The van der Waals surface area contributed by atoms with Crippen molar-refractivity contribution in [1.29, 1.82) is 0 Å². The highest BCUT2D eigenvalue weighted by Gasteiger charge is 2.41. The van der Waals surface area contributed by atoms with Crippen LogP contribution in [0.1, 0.15) is 11.3 Å². The summed E-state index contributed by atoms with van der Waals surface area (Å²) < 4.78 is 30.9. The number of aryl methyl sites for hydroxylation is 1. The van der Waals surface area contributed by atoms with Gasteiger partial charge in [-0.25, -0.2) is 9.78 Å². The summed E-state index contributed by atoms with van der Waals surface area (Å²) in [5.74, 6) is -6.16. The second-order valence-corrected chi connectivity index (χ2v) is 2.92. The molecule has 4 nitrogen and oxygen atoms in total. The molecule has 15 heavy (non-hydrogen) atoms. The number of hydrogen-bond acceptors (Lipinski definition) is 3. The Morgan fingerprint density at radius 2 is 2.13 bits per heavy atom. The molecule has 0 unspecified atom stereocenters. The van der Waals surface area contributed by atoms with Crippen molar-refractivity contribution in [1.82, 2.24) is 4.98 Å². The molecule has 1 aromatic rings. The number of hydrogen-bond donors (Lipinski definition) is 1. The van der Waals surface area contributed by atoms with E-state index in [0.29, 0.717) is 0 Å². The number of carboxylic acid groups (broad SMARTS) is 1. The van der Waals surface area contributed by atoms with Crippen molar-refractivity contribution in [3.8, 4) is 5.88 Å². The van der Waals surface area contributed by atoms with E-state index in [1.165, 1.54) is 14.0 Å². The van der Waals surface area contributed by atoms with Crippen molar-refractivity contribution in [3.63, 3.8) is 0 Å². The zero-order chi connectivity index (χ0) is 11.6. The molecular weight excluding hydrogens is 208 g/mol. The maximum absolute atomic E-state index is 13.1. The van der Waals surface area contributed by atoms with Gasteiger partial charge in [0.25, 0.3) is 0 Å². The second-order valence-electron chi connectivity index (χ2n) is 2.92. The largest absolute Gasteiger partial charge is 0.481 e. The summed E-state index contributed by atoms with van der Waals surface area (Å²) in [6, 6.07) is 1.91. The lowest BCUT2D eigenvalue weighted by molar-refractivity contribution is -0.166. The van der Waals surface area contributed by atoms with Crippen molar-refractivity contribution in [2.24, 2.45) is 0 Å². The van der Waals surface area contributed by atoms with Gasteiger partial charge in [-0.2, -0.15) is 8.78 Å². The molecule has 0 amide bonds. The first kappa shape index (κ1) is 11.4. The van der Waals surface area contributed by atoms with Gasteiger partial charge in [-0.15, -0.1) is 0 Å². The van der Waals surface area contributed by atoms with Gasteiger partial charge in [0, 0.05) is 17.3 Å². The van der Waals surface area contributed by atoms with Gasteiger partial charge < -0.3 is 9.84 Å². The fraction of sp³-hybridized carbons (Fsp3) is 0.333. The van der Waals surface area contributed by atoms with Crippen molar-refractivity contribution in [3.05, 3.63) is 23.4 Å². The highest BCUT2D eigenvalue weighted by atomic mass is 19.3. The Kier molecular flexibility index (Phi) is 2.88. The molecule has 0 aliphatic carbocycles. The van der Waals surface area contributed by atoms with Crippen LogP contribution in [0.2, 0.25) is 0 Å². The predicted octanol–water partition coefficient (Wildman–Crippen LogP) is 1.58. The zero-order valence-electron chi connectivity index (χ0n) is 8.12. The van der Waals surface area contributed by atoms with Crippen LogP contribution in [0.4, 0.5) is 8.78 Å². The third-order valence-electron chi connectivity index (χ3n) is 1.77. The first-order chi connectivity index (χ1) is 6.87. The third kappa shape index (κ3) is 2.20. The summed E-state index contributed by atoms with van der Waals surface area (Å²) in [4.78, 5) is 14.1. The average molecular weight is 217 g/mol. The second kappa shape index (κ2) is 3.80. The van der Waals surface area contributed by atoms with E-state index in [4.69, 9.17) is 5.11 Å². The first-order valence-electron chi connectivity index (χ1n) is 4.02. The van der Waals surface area contributed by atoms with Crippen LogP contribution in [0.15, 0.2) is 12.1 Å². The Labute approximate surface area is 84.5 Å². The number of rotatable bonds is 3. The minimum Gasteiger partial charge on any atom is -0.481 e. The molecular formula is C9H9F2NO3. The maximum atomic E-state index is 13.1. The van der Waals surface area contributed by atoms with E-state index >= 15 is 0 Å². The molecule has 0 aliphatic rings. The van der Waals surface area contributed by atoms with Gasteiger partial charge in [-0.3, -0.25) is 0 Å². The highest BCUT2D eigenvalue weighted by molar-refractivity contribution is 5.77. The third-order valence-corrected chi connectivity index (χ3v) is 1.77. The van der Waals surface area contributed by atoms with Crippen LogP contribution in [0.25, 0.3) is 0 Å². The molecule has 0 radical (unpaired) electrons. The molecule has 0 saturated carbocycles. The van der Waals surface area contributed by atoms with Crippen molar-refractivity contribution in [2.75, 3.05) is 7.11 Å². The smallest absolute Gasteiger partial charge is 0.379 e. The molecule has 1 N–H and O–H groups in total. The number of nitrogens with zero attached hydrogens (tertiary/aromatic N) is 1. The van der Waals surface area contributed by atoms with Crippen LogP contribution in [0, 0.1) is 6.92 Å². The van der Waals surface area contributed by atoms with E-state index in [0.717, 1.165) is 12.1 Å². The monoisotopic (exact) mass is 217 g/mol. The summed E-state index contributed by atoms with van der Waals surface area (Å²) in [6.07, 6.45) is 0. The van der Waals surface area contributed by atoms with Gasteiger partial charge in [0.1, 0.15) is 0 Å². The number of carboxylic acids is 1. The van der Waals surface area contributed by atoms with E-state index < -0.39 is 17.5 Å². The number of ether oxygens (including phenoxy) is 1. The Morgan fingerprint density at radius 1 is 1.53 bits per heavy atom. The lowest BCUT2D eigenvalue weighted by Crippen LogP contribution is -2.25. The Balaban J connectivity index is 3.25. The first-order valence-corrected chi connectivity index (χ1v) is 4.02. The average Bonchev–Trinajstić information content (AvgIpc) is 2.16. The number of halogens is 2. The van der Waals surface area contributed by atoms with Gasteiger partial charge in [-0.05, 0) is 13.0 Å². The van der Waals surface area contributed by atoms with Crippen molar-refractivity contribution >= 4 is 5.97 Å². The van der Waals surface area contributed by atoms with Crippen molar-refractivity contribution < 1.29 is 23.4 Å². The minimum atomic E-state index is -3.93. The molecule has 0 atom stereocenters. The van der Waals surface area contributed by atoms with Gasteiger partial charge in [0.2, 0.25) is 5.88 Å². The molecule has 6 heteroatoms. The van der Waals surface area contributed by atoms with Gasteiger partial charge in [0.05, 0.1) is 7.11 Å². The maximum Gasteiger partial charge on any atom is 0.379 e. The van der Waals surface area contributed by atoms with Crippen LogP contribution in [0.3, 0.4) is 0 Å². The molecule has 1 aromatic heterocycles. The Bertz CT molecular complexity index is 393. The molecule has 0 aromatic carbocycles. The summed E-state index contributed by atoms with van der Waals surface area (Å²) in [5, 5.41) is 8.34. The number of aliphatic carboxylic acids is 1. The molecule has 1 heterocycles. The van der Waals surface area contributed by atoms with Crippen LogP contribution in [-0.4, -0.2) is 23.2 Å². The predicted molar refractivity (Wildman–Crippen MR) is 47.1 cm³/mol. The van der Waals surface area contributed by atoms with Gasteiger partial charge >= 0.3 is 11.9 Å². The van der Waals surface area contributed by atoms with Gasteiger partial charge in [-0.1, -0.05) is 0 Å².